The lowest BCUT2D eigenvalue weighted by Crippen LogP contribution is -2.19. The molecule has 19 heavy (non-hydrogen) atoms. The van der Waals surface area contributed by atoms with E-state index in [1.54, 1.807) is 6.20 Å². The van der Waals surface area contributed by atoms with Crippen LogP contribution in [-0.4, -0.2) is 28.2 Å². The molecule has 0 aliphatic carbocycles. The molecule has 2 aromatic heterocycles. The van der Waals surface area contributed by atoms with Crippen LogP contribution in [0.5, 0.6) is 0 Å². The first-order valence-corrected chi connectivity index (χ1v) is 6.74. The van der Waals surface area contributed by atoms with Crippen LogP contribution in [0.4, 0.5) is 0 Å². The maximum absolute atomic E-state index is 5.34. The van der Waals surface area contributed by atoms with Crippen molar-refractivity contribution in [1.29, 1.82) is 0 Å². The molecule has 5 nitrogen and oxygen atoms in total. The molecule has 102 valence electrons. The molecule has 0 aromatic carbocycles. The number of nitrogens with one attached hydrogen (secondary N) is 1. The van der Waals surface area contributed by atoms with E-state index in [0.29, 0.717) is 11.7 Å². The van der Waals surface area contributed by atoms with Crippen molar-refractivity contribution in [2.45, 2.75) is 33.1 Å². The van der Waals surface area contributed by atoms with Crippen LogP contribution in [0, 0.1) is 0 Å². The molecule has 2 heterocycles. The van der Waals surface area contributed by atoms with E-state index in [-0.39, 0.29) is 5.92 Å². The van der Waals surface area contributed by atoms with Crippen LogP contribution in [0.3, 0.4) is 0 Å². The Bertz CT molecular complexity index is 524. The summed E-state index contributed by atoms with van der Waals surface area (Å²) >= 11 is 0. The van der Waals surface area contributed by atoms with Crippen molar-refractivity contribution in [3.8, 4) is 11.5 Å². The van der Waals surface area contributed by atoms with Gasteiger partial charge in [-0.05, 0) is 24.6 Å². The minimum Gasteiger partial charge on any atom is -0.339 e. The maximum Gasteiger partial charge on any atom is 0.231 e. The zero-order valence-corrected chi connectivity index (χ0v) is 11.7. The first kappa shape index (κ1) is 13.7. The number of pyridine rings is 1. The smallest absolute Gasteiger partial charge is 0.231 e. The highest BCUT2D eigenvalue weighted by molar-refractivity contribution is 5.53. The Kier molecular flexibility index (Phi) is 4.63. The molecule has 0 saturated heterocycles. The van der Waals surface area contributed by atoms with Gasteiger partial charge in [-0.2, -0.15) is 4.98 Å². The van der Waals surface area contributed by atoms with Crippen LogP contribution < -0.4 is 5.32 Å². The lowest BCUT2D eigenvalue weighted by molar-refractivity contribution is 0.355. The maximum atomic E-state index is 5.34. The summed E-state index contributed by atoms with van der Waals surface area (Å²) in [5.41, 5.74) is 1.95. The van der Waals surface area contributed by atoms with E-state index in [1.165, 1.54) is 0 Å². The number of nitrogens with zero attached hydrogens (tertiary/aromatic N) is 3. The van der Waals surface area contributed by atoms with Crippen LogP contribution in [0.15, 0.2) is 22.9 Å². The summed E-state index contributed by atoms with van der Waals surface area (Å²) in [5.74, 6) is 1.44. The fraction of sp³-hybridized carbons (Fsp3) is 0.500. The van der Waals surface area contributed by atoms with Gasteiger partial charge in [-0.3, -0.25) is 4.98 Å². The van der Waals surface area contributed by atoms with Gasteiger partial charge >= 0.3 is 0 Å². The van der Waals surface area contributed by atoms with Gasteiger partial charge in [0.05, 0.1) is 0 Å². The van der Waals surface area contributed by atoms with E-state index < -0.39 is 0 Å². The molecule has 1 N–H and O–H groups in total. The highest BCUT2D eigenvalue weighted by Gasteiger charge is 2.16. The fourth-order valence-electron chi connectivity index (χ4n) is 1.90. The number of likely N-dealkylation sites (N-methyl/N-ethyl adjacent to an activating group) is 1. The number of aromatic nitrogens is 3. The van der Waals surface area contributed by atoms with Crippen LogP contribution >= 0.6 is 0 Å². The van der Waals surface area contributed by atoms with Crippen molar-refractivity contribution in [2.24, 2.45) is 0 Å². The Morgan fingerprint density at radius 1 is 1.37 bits per heavy atom. The highest BCUT2D eigenvalue weighted by Crippen LogP contribution is 2.21. The van der Waals surface area contributed by atoms with Gasteiger partial charge in [0.25, 0.3) is 0 Å². The zero-order valence-electron chi connectivity index (χ0n) is 11.7. The summed E-state index contributed by atoms with van der Waals surface area (Å²) in [6, 6.07) is 3.97. The fourth-order valence-corrected chi connectivity index (χ4v) is 1.90. The third kappa shape index (κ3) is 3.17. The van der Waals surface area contributed by atoms with Gasteiger partial charge in [0.2, 0.25) is 11.7 Å². The first-order chi connectivity index (χ1) is 9.26. The third-order valence-electron chi connectivity index (χ3n) is 3.05. The molecular formula is C14H20N4O. The van der Waals surface area contributed by atoms with E-state index in [9.17, 15) is 0 Å². The Hall–Kier alpha value is -1.75. The van der Waals surface area contributed by atoms with E-state index in [2.05, 4.69) is 41.2 Å². The molecule has 0 bridgehead atoms. The van der Waals surface area contributed by atoms with Crippen molar-refractivity contribution >= 4 is 0 Å². The van der Waals surface area contributed by atoms with Gasteiger partial charge in [0.15, 0.2) is 0 Å². The standard InChI is InChI=1S/C14H20N4O/c1-4-11-7-6-8-16-12(11)13-17-14(19-18-13)10(3)9-15-5-2/h6-8,10,15H,4-5,9H2,1-3H3. The predicted octanol–water partition coefficient (Wildman–Crippen LogP) is 2.41. The van der Waals surface area contributed by atoms with E-state index >= 15 is 0 Å². The third-order valence-corrected chi connectivity index (χ3v) is 3.05. The van der Waals surface area contributed by atoms with Gasteiger partial charge in [-0.15, -0.1) is 0 Å². The van der Waals surface area contributed by atoms with Crippen molar-refractivity contribution in [3.63, 3.8) is 0 Å². The summed E-state index contributed by atoms with van der Waals surface area (Å²) in [6.07, 6.45) is 2.66. The van der Waals surface area contributed by atoms with Crippen molar-refractivity contribution in [3.05, 3.63) is 29.8 Å². The van der Waals surface area contributed by atoms with Crippen LogP contribution in [-0.2, 0) is 6.42 Å². The average Bonchev–Trinajstić information content (AvgIpc) is 2.94. The van der Waals surface area contributed by atoms with Crippen LogP contribution in [0.2, 0.25) is 0 Å². The number of aryl methyl sites for hydroxylation is 1. The molecule has 0 spiro atoms. The Morgan fingerprint density at radius 2 is 2.21 bits per heavy atom. The molecule has 0 aliphatic rings. The first-order valence-electron chi connectivity index (χ1n) is 6.74. The Balaban J connectivity index is 2.20. The molecule has 2 rings (SSSR count). The van der Waals surface area contributed by atoms with Gasteiger partial charge in [-0.1, -0.05) is 32.0 Å². The number of rotatable bonds is 6. The van der Waals surface area contributed by atoms with Crippen molar-refractivity contribution in [2.75, 3.05) is 13.1 Å². The summed E-state index contributed by atoms with van der Waals surface area (Å²) < 4.78 is 5.34. The molecule has 1 atom stereocenters. The summed E-state index contributed by atoms with van der Waals surface area (Å²) in [5, 5.41) is 7.32. The monoisotopic (exact) mass is 260 g/mol. The largest absolute Gasteiger partial charge is 0.339 e. The number of hydrogen-bond acceptors (Lipinski definition) is 5. The van der Waals surface area contributed by atoms with Crippen molar-refractivity contribution < 1.29 is 4.52 Å². The predicted molar refractivity (Wildman–Crippen MR) is 73.9 cm³/mol. The second kappa shape index (κ2) is 6.43. The molecule has 0 fully saturated rings. The molecule has 0 radical (unpaired) electrons. The molecule has 0 amide bonds. The SMILES string of the molecule is CCNCC(C)c1nc(-c2ncccc2CC)no1. The minimum absolute atomic E-state index is 0.204. The molecular weight excluding hydrogens is 240 g/mol. The summed E-state index contributed by atoms with van der Waals surface area (Å²) in [6.45, 7) is 8.01. The van der Waals surface area contributed by atoms with E-state index in [1.807, 2.05) is 12.1 Å². The highest BCUT2D eigenvalue weighted by atomic mass is 16.5. The average molecular weight is 260 g/mol. The lowest BCUT2D eigenvalue weighted by atomic mass is 10.1. The van der Waals surface area contributed by atoms with Gasteiger partial charge in [0, 0.05) is 18.7 Å². The molecule has 1 unspecified atom stereocenters. The Morgan fingerprint density at radius 3 is 2.95 bits per heavy atom. The molecule has 5 heteroatoms. The van der Waals surface area contributed by atoms with Crippen molar-refractivity contribution in [1.82, 2.24) is 20.4 Å². The molecule has 0 saturated carbocycles. The van der Waals surface area contributed by atoms with Gasteiger partial charge < -0.3 is 9.84 Å². The minimum atomic E-state index is 0.204. The second-order valence-electron chi connectivity index (χ2n) is 4.53. The Labute approximate surface area is 113 Å². The molecule has 2 aromatic rings. The van der Waals surface area contributed by atoms with Gasteiger partial charge in [-0.25, -0.2) is 0 Å². The molecule has 0 aliphatic heterocycles. The summed E-state index contributed by atoms with van der Waals surface area (Å²) in [4.78, 5) is 8.82. The quantitative estimate of drug-likeness (QED) is 0.864. The zero-order chi connectivity index (χ0) is 13.7. The van der Waals surface area contributed by atoms with Gasteiger partial charge in [0.1, 0.15) is 5.69 Å². The van der Waals surface area contributed by atoms with E-state index in [4.69, 9.17) is 4.52 Å². The van der Waals surface area contributed by atoms with Crippen LogP contribution in [0.25, 0.3) is 11.5 Å². The van der Waals surface area contributed by atoms with Crippen LogP contribution in [0.1, 0.15) is 38.1 Å². The topological polar surface area (TPSA) is 63.8 Å². The van der Waals surface area contributed by atoms with E-state index in [0.717, 1.165) is 30.8 Å². The lowest BCUT2D eigenvalue weighted by Gasteiger charge is -2.05. The second-order valence-corrected chi connectivity index (χ2v) is 4.53. The normalized spacial score (nSPS) is 12.6. The summed E-state index contributed by atoms with van der Waals surface area (Å²) in [7, 11) is 0. The number of hydrogen-bond donors (Lipinski definition) is 1.